The van der Waals surface area contributed by atoms with Crippen molar-refractivity contribution < 1.29 is 4.79 Å². The molecule has 0 bridgehead atoms. The molecule has 0 radical (unpaired) electrons. The van der Waals surface area contributed by atoms with Crippen LogP contribution < -0.4 is 5.32 Å². The lowest BCUT2D eigenvalue weighted by Crippen LogP contribution is -2.54. The Bertz CT molecular complexity index is 640. The molecule has 1 aliphatic heterocycles. The average Bonchev–Trinajstić information content (AvgIpc) is 3.25. The van der Waals surface area contributed by atoms with Crippen LogP contribution in [0.15, 0.2) is 12.2 Å². The van der Waals surface area contributed by atoms with E-state index in [1.54, 1.807) is 0 Å². The summed E-state index contributed by atoms with van der Waals surface area (Å²) in [5.41, 5.74) is 1.97. The highest BCUT2D eigenvalue weighted by atomic mass is 32.2. The topological polar surface area (TPSA) is 29.1 Å². The molecule has 4 saturated carbocycles. The number of fused-ring (bicyclic) bond motifs is 5. The largest absolute Gasteiger partial charge is 0.316 e. The average molecular weight is 388 g/mol. The molecule has 1 saturated heterocycles. The maximum absolute atomic E-state index is 12.6. The monoisotopic (exact) mass is 387 g/mol. The summed E-state index contributed by atoms with van der Waals surface area (Å²) in [4.78, 5) is 12.6. The van der Waals surface area contributed by atoms with Gasteiger partial charge >= 0.3 is 0 Å². The zero-order chi connectivity index (χ0) is 18.8. The van der Waals surface area contributed by atoms with Crippen LogP contribution in [0.5, 0.6) is 0 Å². The fraction of sp³-hybridized carbons (Fsp3) is 0.875. The third kappa shape index (κ3) is 2.81. The zero-order valence-corrected chi connectivity index (χ0v) is 18.1. The van der Waals surface area contributed by atoms with Gasteiger partial charge in [-0.25, -0.2) is 0 Å². The second-order valence-corrected chi connectivity index (χ2v) is 12.5. The highest BCUT2D eigenvalue weighted by molar-refractivity contribution is 8.00. The lowest BCUT2D eigenvalue weighted by atomic mass is 9.44. The van der Waals surface area contributed by atoms with Crippen molar-refractivity contribution in [1.82, 2.24) is 5.32 Å². The van der Waals surface area contributed by atoms with E-state index < -0.39 is 0 Å². The van der Waals surface area contributed by atoms with Gasteiger partial charge < -0.3 is 5.32 Å². The van der Waals surface area contributed by atoms with E-state index in [4.69, 9.17) is 0 Å². The van der Waals surface area contributed by atoms with Crippen LogP contribution in [0.25, 0.3) is 0 Å². The maximum Gasteiger partial charge on any atom is 0.139 e. The number of nitrogens with one attached hydrogen (secondary N) is 1. The van der Waals surface area contributed by atoms with Crippen LogP contribution in [0.4, 0.5) is 0 Å². The fourth-order valence-corrected chi connectivity index (χ4v) is 9.69. The van der Waals surface area contributed by atoms with Crippen LogP contribution in [0.2, 0.25) is 0 Å². The minimum atomic E-state index is -0.00678. The lowest BCUT2D eigenvalue weighted by molar-refractivity contribution is -0.135. The summed E-state index contributed by atoms with van der Waals surface area (Å²) in [6, 6.07) is 0. The Morgan fingerprint density at radius 3 is 2.70 bits per heavy atom. The first-order valence-corrected chi connectivity index (χ1v) is 12.4. The number of rotatable bonds is 2. The lowest BCUT2D eigenvalue weighted by Gasteiger charge is -2.61. The molecule has 1 unspecified atom stereocenters. The Morgan fingerprint density at radius 2 is 1.93 bits per heavy atom. The van der Waals surface area contributed by atoms with Gasteiger partial charge in [-0.1, -0.05) is 26.0 Å². The van der Waals surface area contributed by atoms with Crippen molar-refractivity contribution in [3.8, 4) is 0 Å². The Hall–Kier alpha value is -0.280. The summed E-state index contributed by atoms with van der Waals surface area (Å²) in [5, 5.41) is 5.21. The van der Waals surface area contributed by atoms with Crippen LogP contribution >= 0.6 is 11.8 Å². The predicted molar refractivity (Wildman–Crippen MR) is 114 cm³/mol. The Morgan fingerprint density at radius 1 is 1.07 bits per heavy atom. The molecule has 1 N–H and O–H groups in total. The van der Waals surface area contributed by atoms with E-state index in [0.29, 0.717) is 17.1 Å². The summed E-state index contributed by atoms with van der Waals surface area (Å²) in [6.45, 7) is 12.0. The number of Topliss-reactive ketones (excluding diaryl/α,β-unsaturated/α-hetero) is 1. The van der Waals surface area contributed by atoms with E-state index in [0.717, 1.165) is 47.5 Å². The SMILES string of the molecule is C=C1C[C@@H]2[C@H](CC[C@]3(C)C(=O)CC[C@@H]23)[C@@]2(C)CC[C@@H](S[C@H]3CCNC3)CC12. The molecule has 5 fully saturated rings. The van der Waals surface area contributed by atoms with E-state index in [1.165, 1.54) is 57.2 Å². The van der Waals surface area contributed by atoms with E-state index in [-0.39, 0.29) is 5.41 Å². The van der Waals surface area contributed by atoms with Crippen molar-refractivity contribution >= 4 is 17.5 Å². The van der Waals surface area contributed by atoms with Crippen LogP contribution in [0.1, 0.15) is 71.6 Å². The van der Waals surface area contributed by atoms with Crippen LogP contribution in [0.3, 0.4) is 0 Å². The van der Waals surface area contributed by atoms with Crippen molar-refractivity contribution in [2.24, 2.45) is 34.5 Å². The highest BCUT2D eigenvalue weighted by Gasteiger charge is 2.61. The molecule has 5 aliphatic rings. The number of hydrogen-bond donors (Lipinski definition) is 1. The summed E-state index contributed by atoms with van der Waals surface area (Å²) in [6.07, 6.45) is 11.1. The molecule has 0 aromatic heterocycles. The Kier molecular flexibility index (Phi) is 4.59. The molecule has 27 heavy (non-hydrogen) atoms. The first-order valence-electron chi connectivity index (χ1n) is 11.5. The highest BCUT2D eigenvalue weighted by Crippen LogP contribution is 2.66. The van der Waals surface area contributed by atoms with Gasteiger partial charge in [-0.2, -0.15) is 11.8 Å². The Labute approximate surface area is 169 Å². The van der Waals surface area contributed by atoms with Gasteiger partial charge in [0, 0.05) is 28.9 Å². The number of hydrogen-bond acceptors (Lipinski definition) is 3. The van der Waals surface area contributed by atoms with Crippen LogP contribution in [-0.4, -0.2) is 29.4 Å². The molecule has 0 spiro atoms. The predicted octanol–water partition coefficient (Wildman–Crippen LogP) is 5.23. The second-order valence-electron chi connectivity index (χ2n) is 10.9. The molecule has 150 valence electrons. The van der Waals surface area contributed by atoms with Crippen molar-refractivity contribution in [1.29, 1.82) is 0 Å². The molecule has 5 rings (SSSR count). The molecule has 0 aromatic carbocycles. The van der Waals surface area contributed by atoms with Gasteiger partial charge in [-0.3, -0.25) is 4.79 Å². The van der Waals surface area contributed by atoms with Crippen molar-refractivity contribution in [2.45, 2.75) is 82.1 Å². The summed E-state index contributed by atoms with van der Waals surface area (Å²) >= 11 is 2.28. The molecule has 4 aliphatic carbocycles. The van der Waals surface area contributed by atoms with Crippen molar-refractivity contribution in [3.63, 3.8) is 0 Å². The molecule has 3 heteroatoms. The number of ketones is 1. The molecule has 0 aromatic rings. The Balaban J connectivity index is 1.35. The summed E-state index contributed by atoms with van der Waals surface area (Å²) in [5.74, 6) is 3.48. The van der Waals surface area contributed by atoms with Gasteiger partial charge in [0.15, 0.2) is 0 Å². The summed E-state index contributed by atoms with van der Waals surface area (Å²) < 4.78 is 0. The van der Waals surface area contributed by atoms with Gasteiger partial charge in [-0.15, -0.1) is 0 Å². The third-order valence-electron chi connectivity index (χ3n) is 9.68. The minimum Gasteiger partial charge on any atom is -0.316 e. The molecule has 0 amide bonds. The number of carbonyl (C=O) groups is 1. The second kappa shape index (κ2) is 6.62. The fourth-order valence-electron chi connectivity index (χ4n) is 8.12. The van der Waals surface area contributed by atoms with Crippen molar-refractivity contribution in [2.75, 3.05) is 13.1 Å². The number of carbonyl (C=O) groups excluding carboxylic acids is 1. The van der Waals surface area contributed by atoms with Gasteiger partial charge in [0.1, 0.15) is 5.78 Å². The van der Waals surface area contributed by atoms with Crippen LogP contribution in [0, 0.1) is 34.5 Å². The van der Waals surface area contributed by atoms with E-state index >= 15 is 0 Å². The van der Waals surface area contributed by atoms with Gasteiger partial charge in [0.05, 0.1) is 0 Å². The van der Waals surface area contributed by atoms with E-state index in [1.807, 2.05) is 0 Å². The van der Waals surface area contributed by atoms with Gasteiger partial charge in [0.25, 0.3) is 0 Å². The third-order valence-corrected chi connectivity index (χ3v) is 11.3. The molecular weight excluding hydrogens is 350 g/mol. The molecule has 2 nitrogen and oxygen atoms in total. The van der Waals surface area contributed by atoms with Gasteiger partial charge in [0.2, 0.25) is 0 Å². The van der Waals surface area contributed by atoms with Crippen LogP contribution in [-0.2, 0) is 4.79 Å². The zero-order valence-electron chi connectivity index (χ0n) is 17.3. The summed E-state index contributed by atoms with van der Waals surface area (Å²) in [7, 11) is 0. The van der Waals surface area contributed by atoms with Gasteiger partial charge in [-0.05, 0) is 87.0 Å². The first-order chi connectivity index (χ1) is 12.9. The number of allylic oxidation sites excluding steroid dienone is 1. The standard InChI is InChI=1S/C24H37NOS/c1-15-12-18-19-4-5-22(26)24(19,3)10-7-20(18)23(2)9-6-16(13-21(15)23)27-17-8-11-25-14-17/h16-21,25H,1,4-14H2,2-3H3/t16-,17+,18+,19+,20+,21?,23-,24+/m1/s1. The molecular formula is C24H37NOS. The van der Waals surface area contributed by atoms with E-state index in [9.17, 15) is 4.79 Å². The number of thioether (sulfide) groups is 1. The quantitative estimate of drug-likeness (QED) is 0.658. The smallest absolute Gasteiger partial charge is 0.139 e. The molecule has 8 atom stereocenters. The minimum absolute atomic E-state index is 0.00678. The first kappa shape index (κ1) is 18.7. The van der Waals surface area contributed by atoms with E-state index in [2.05, 4.69) is 37.5 Å². The maximum atomic E-state index is 12.6. The normalized spacial score (nSPS) is 52.4. The molecule has 1 heterocycles. The van der Waals surface area contributed by atoms with Crippen molar-refractivity contribution in [3.05, 3.63) is 12.2 Å².